The quantitative estimate of drug-likeness (QED) is 0.466. The van der Waals surface area contributed by atoms with E-state index >= 15 is 0 Å². The molecule has 27 heavy (non-hydrogen) atoms. The molecule has 0 heterocycles. The molecule has 2 N–H and O–H groups in total. The van der Waals surface area contributed by atoms with Gasteiger partial charge in [-0.2, -0.15) is 5.10 Å². The van der Waals surface area contributed by atoms with E-state index in [1.54, 1.807) is 18.3 Å². The lowest BCUT2D eigenvalue weighted by molar-refractivity contribution is 0.0697. The van der Waals surface area contributed by atoms with Gasteiger partial charge < -0.3 is 9.84 Å². The minimum atomic E-state index is -0.970. The van der Waals surface area contributed by atoms with E-state index < -0.39 is 5.97 Å². The third-order valence-electron chi connectivity index (χ3n) is 3.83. The molecule has 136 valence electrons. The highest BCUT2D eigenvalue weighted by Gasteiger charge is 2.02. The molecule has 0 spiro atoms. The Hall–Kier alpha value is -3.60. The number of hydrazone groups is 1. The molecule has 5 heteroatoms. The van der Waals surface area contributed by atoms with E-state index in [0.29, 0.717) is 5.69 Å². The van der Waals surface area contributed by atoms with Crippen molar-refractivity contribution in [1.82, 2.24) is 0 Å². The number of carboxylic acids is 1. The van der Waals surface area contributed by atoms with Gasteiger partial charge >= 0.3 is 5.97 Å². The summed E-state index contributed by atoms with van der Waals surface area (Å²) in [7, 11) is 0. The van der Waals surface area contributed by atoms with Crippen LogP contribution in [-0.2, 0) is 0 Å². The minimum Gasteiger partial charge on any atom is -0.478 e. The highest BCUT2D eigenvalue weighted by Crippen LogP contribution is 2.23. The first-order valence-corrected chi connectivity index (χ1v) is 8.48. The smallest absolute Gasteiger partial charge is 0.335 e. The molecule has 0 aliphatic heterocycles. The first-order chi connectivity index (χ1) is 13.0. The van der Waals surface area contributed by atoms with Crippen LogP contribution >= 0.6 is 0 Å². The Morgan fingerprint density at radius 3 is 2.33 bits per heavy atom. The van der Waals surface area contributed by atoms with Crippen LogP contribution in [0.15, 0.2) is 71.8 Å². The second-order valence-corrected chi connectivity index (χ2v) is 6.25. The van der Waals surface area contributed by atoms with Gasteiger partial charge in [-0.1, -0.05) is 12.1 Å². The molecule has 0 bridgehead atoms. The van der Waals surface area contributed by atoms with E-state index in [9.17, 15) is 4.79 Å². The number of aromatic carboxylic acids is 1. The Labute approximate surface area is 157 Å². The molecule has 5 nitrogen and oxygen atoms in total. The Morgan fingerprint density at radius 2 is 1.67 bits per heavy atom. The number of carboxylic acid groups (broad SMARTS) is 1. The predicted molar refractivity (Wildman–Crippen MR) is 107 cm³/mol. The number of rotatable bonds is 6. The molecule has 3 aromatic rings. The SMILES string of the molecule is Cc1cc(C)cc(Oc2ccc(C=NNc3cccc(C(=O)O)c3)cc2)c1. The van der Waals surface area contributed by atoms with Gasteiger partial charge in [0.05, 0.1) is 17.5 Å². The number of aryl methyl sites for hydroxylation is 2. The number of ether oxygens (including phenoxy) is 1. The summed E-state index contributed by atoms with van der Waals surface area (Å²) >= 11 is 0. The molecule has 0 aromatic heterocycles. The van der Waals surface area contributed by atoms with Gasteiger partial charge in [-0.25, -0.2) is 4.79 Å². The van der Waals surface area contributed by atoms with Gasteiger partial charge in [0.2, 0.25) is 0 Å². The van der Waals surface area contributed by atoms with E-state index in [1.807, 2.05) is 50.2 Å². The topological polar surface area (TPSA) is 70.9 Å². The highest BCUT2D eigenvalue weighted by atomic mass is 16.5. The molecular weight excluding hydrogens is 340 g/mol. The second-order valence-electron chi connectivity index (χ2n) is 6.25. The van der Waals surface area contributed by atoms with Crippen molar-refractivity contribution in [3.63, 3.8) is 0 Å². The van der Waals surface area contributed by atoms with E-state index in [1.165, 1.54) is 12.1 Å². The number of nitrogens with one attached hydrogen (secondary N) is 1. The van der Waals surface area contributed by atoms with Crippen LogP contribution in [0.5, 0.6) is 11.5 Å². The fourth-order valence-electron chi connectivity index (χ4n) is 2.65. The third-order valence-corrected chi connectivity index (χ3v) is 3.83. The van der Waals surface area contributed by atoms with Crippen LogP contribution in [0.25, 0.3) is 0 Å². The Kier molecular flexibility index (Phi) is 5.52. The molecule has 0 fully saturated rings. The Bertz CT molecular complexity index is 959. The zero-order valence-electron chi connectivity index (χ0n) is 15.1. The summed E-state index contributed by atoms with van der Waals surface area (Å²) in [6.07, 6.45) is 1.66. The van der Waals surface area contributed by atoms with Gasteiger partial charge in [-0.05, 0) is 85.1 Å². The zero-order valence-corrected chi connectivity index (χ0v) is 15.1. The van der Waals surface area contributed by atoms with Crippen molar-refractivity contribution in [3.8, 4) is 11.5 Å². The number of benzene rings is 3. The Balaban J connectivity index is 1.62. The van der Waals surface area contributed by atoms with Gasteiger partial charge in [0.1, 0.15) is 11.5 Å². The van der Waals surface area contributed by atoms with Crippen LogP contribution in [-0.4, -0.2) is 17.3 Å². The average molecular weight is 360 g/mol. The maximum absolute atomic E-state index is 11.0. The summed E-state index contributed by atoms with van der Waals surface area (Å²) in [5.41, 5.74) is 6.86. The number of hydrogen-bond acceptors (Lipinski definition) is 4. The van der Waals surface area contributed by atoms with Crippen molar-refractivity contribution in [2.24, 2.45) is 5.10 Å². The zero-order chi connectivity index (χ0) is 19.2. The van der Waals surface area contributed by atoms with Crippen molar-refractivity contribution < 1.29 is 14.6 Å². The van der Waals surface area contributed by atoms with Crippen molar-refractivity contribution in [2.45, 2.75) is 13.8 Å². The van der Waals surface area contributed by atoms with Crippen LogP contribution in [0.3, 0.4) is 0 Å². The highest BCUT2D eigenvalue weighted by molar-refractivity contribution is 5.88. The van der Waals surface area contributed by atoms with E-state index in [2.05, 4.69) is 16.6 Å². The molecule has 0 atom stereocenters. The summed E-state index contributed by atoms with van der Waals surface area (Å²) in [5, 5.41) is 13.1. The lowest BCUT2D eigenvalue weighted by Gasteiger charge is -2.08. The van der Waals surface area contributed by atoms with Crippen LogP contribution in [0.4, 0.5) is 5.69 Å². The van der Waals surface area contributed by atoms with Crippen molar-refractivity contribution in [3.05, 3.63) is 89.0 Å². The molecule has 3 aromatic carbocycles. The summed E-state index contributed by atoms with van der Waals surface area (Å²) in [6.45, 7) is 4.08. The molecule has 0 radical (unpaired) electrons. The fraction of sp³-hybridized carbons (Fsp3) is 0.0909. The minimum absolute atomic E-state index is 0.211. The number of anilines is 1. The maximum atomic E-state index is 11.0. The van der Waals surface area contributed by atoms with Gasteiger partial charge in [-0.15, -0.1) is 0 Å². The molecule has 0 saturated heterocycles. The normalized spacial score (nSPS) is 10.7. The lowest BCUT2D eigenvalue weighted by Crippen LogP contribution is -1.97. The molecule has 3 rings (SSSR count). The Morgan fingerprint density at radius 1 is 0.963 bits per heavy atom. The van der Waals surface area contributed by atoms with Crippen LogP contribution in [0.2, 0.25) is 0 Å². The van der Waals surface area contributed by atoms with Crippen molar-refractivity contribution in [1.29, 1.82) is 0 Å². The number of nitrogens with zero attached hydrogens (tertiary/aromatic N) is 1. The molecule has 0 saturated carbocycles. The van der Waals surface area contributed by atoms with Crippen LogP contribution in [0, 0.1) is 13.8 Å². The van der Waals surface area contributed by atoms with Crippen molar-refractivity contribution in [2.75, 3.05) is 5.43 Å². The lowest BCUT2D eigenvalue weighted by atomic mass is 10.1. The summed E-state index contributed by atoms with van der Waals surface area (Å²) in [6, 6.07) is 20.1. The van der Waals surface area contributed by atoms with Crippen LogP contribution in [0.1, 0.15) is 27.0 Å². The summed E-state index contributed by atoms with van der Waals surface area (Å²) in [5.74, 6) is 0.593. The fourth-order valence-corrected chi connectivity index (χ4v) is 2.65. The third kappa shape index (κ3) is 5.19. The molecule has 0 amide bonds. The molecule has 0 aliphatic rings. The standard InChI is InChI=1S/C22H20N2O3/c1-15-10-16(2)12-21(11-15)27-20-8-6-17(7-9-20)14-23-24-19-5-3-4-18(13-19)22(25)26/h3-14,24H,1-2H3,(H,25,26). The summed E-state index contributed by atoms with van der Waals surface area (Å²) < 4.78 is 5.89. The number of carbonyl (C=O) groups is 1. The van der Waals surface area contributed by atoms with Crippen LogP contribution < -0.4 is 10.2 Å². The number of hydrogen-bond donors (Lipinski definition) is 2. The van der Waals surface area contributed by atoms with Gasteiger partial charge in [0, 0.05) is 0 Å². The van der Waals surface area contributed by atoms with E-state index in [0.717, 1.165) is 28.2 Å². The van der Waals surface area contributed by atoms with E-state index in [4.69, 9.17) is 9.84 Å². The van der Waals surface area contributed by atoms with Crippen molar-refractivity contribution >= 4 is 17.9 Å². The average Bonchev–Trinajstić information content (AvgIpc) is 2.62. The van der Waals surface area contributed by atoms with Gasteiger partial charge in [0.15, 0.2) is 0 Å². The van der Waals surface area contributed by atoms with E-state index in [-0.39, 0.29) is 5.56 Å². The molecule has 0 aliphatic carbocycles. The first-order valence-electron chi connectivity index (χ1n) is 8.48. The maximum Gasteiger partial charge on any atom is 0.335 e. The van der Waals surface area contributed by atoms with Gasteiger partial charge in [0.25, 0.3) is 0 Å². The largest absolute Gasteiger partial charge is 0.478 e. The second kappa shape index (κ2) is 8.19. The van der Waals surface area contributed by atoms with Gasteiger partial charge in [-0.3, -0.25) is 5.43 Å². The first kappa shape index (κ1) is 18.2. The monoisotopic (exact) mass is 360 g/mol. The molecule has 0 unspecified atom stereocenters. The summed E-state index contributed by atoms with van der Waals surface area (Å²) in [4.78, 5) is 11.0. The predicted octanol–water partition coefficient (Wildman–Crippen LogP) is 5.24. The molecular formula is C22H20N2O3.